The Morgan fingerprint density at radius 1 is 1.23 bits per heavy atom. The molecule has 0 fully saturated rings. The summed E-state index contributed by atoms with van der Waals surface area (Å²) in [5.41, 5.74) is 3.56. The van der Waals surface area contributed by atoms with Gasteiger partial charge in [0.15, 0.2) is 0 Å². The van der Waals surface area contributed by atoms with E-state index in [-0.39, 0.29) is 11.9 Å². The number of hydrogen-bond acceptors (Lipinski definition) is 4. The van der Waals surface area contributed by atoms with Gasteiger partial charge in [-0.25, -0.2) is 9.19 Å². The molecule has 2 atom stereocenters. The first kappa shape index (κ1) is 23.4. The largest absolute Gasteiger partial charge is 0.347 e. The molecule has 0 aliphatic heterocycles. The minimum absolute atomic E-state index is 0.0489. The van der Waals surface area contributed by atoms with Gasteiger partial charge in [0.2, 0.25) is 5.91 Å². The Bertz CT molecular complexity index is 1040. The number of thiazole rings is 1. The van der Waals surface area contributed by atoms with Gasteiger partial charge in [-0.2, -0.15) is 0 Å². The van der Waals surface area contributed by atoms with Crippen LogP contribution in [0.1, 0.15) is 41.2 Å². The zero-order valence-electron chi connectivity index (χ0n) is 17.0. The van der Waals surface area contributed by atoms with Gasteiger partial charge in [0, 0.05) is 22.5 Å². The number of amides is 1. The van der Waals surface area contributed by atoms with Gasteiger partial charge in [0.25, 0.3) is 11.3 Å². The predicted octanol–water partition coefficient (Wildman–Crippen LogP) is 4.94. The van der Waals surface area contributed by atoms with Crippen molar-refractivity contribution in [2.45, 2.75) is 38.6 Å². The molecule has 0 saturated carbocycles. The summed E-state index contributed by atoms with van der Waals surface area (Å²) in [6, 6.07) is 14.5. The summed E-state index contributed by atoms with van der Waals surface area (Å²) in [5, 5.41) is 6.67. The van der Waals surface area contributed by atoms with Gasteiger partial charge in [-0.15, -0.1) is 11.3 Å². The average Bonchev–Trinajstić information content (AvgIpc) is 3.22. The van der Waals surface area contributed by atoms with Crippen LogP contribution < -0.4 is 10.0 Å². The fourth-order valence-corrected chi connectivity index (χ4v) is 4.61. The van der Waals surface area contributed by atoms with Crippen molar-refractivity contribution in [2.75, 3.05) is 4.72 Å². The number of anilines is 1. The van der Waals surface area contributed by atoms with E-state index >= 15 is 0 Å². The fraction of sp³-hybridized carbons (Fsp3) is 0.273. The summed E-state index contributed by atoms with van der Waals surface area (Å²) in [7, 11) is 0. The van der Waals surface area contributed by atoms with Crippen LogP contribution in [-0.2, 0) is 35.3 Å². The number of aryl methyl sites for hydroxylation is 2. The molecule has 31 heavy (non-hydrogen) atoms. The van der Waals surface area contributed by atoms with Crippen LogP contribution in [0.3, 0.4) is 0 Å². The Balaban J connectivity index is 1.68. The third kappa shape index (κ3) is 7.43. The second kappa shape index (κ2) is 11.4. The number of carbonyl (C=O) groups excluding carboxylic acids is 1. The normalized spacial score (nSPS) is 12.9. The molecule has 0 bridgehead atoms. The molecule has 6 nitrogen and oxygen atoms in total. The maximum atomic E-state index is 12.7. The Morgan fingerprint density at radius 3 is 2.65 bits per heavy atom. The van der Waals surface area contributed by atoms with E-state index in [1.165, 1.54) is 0 Å². The van der Waals surface area contributed by atoms with E-state index in [1.54, 1.807) is 23.5 Å². The molecule has 3 N–H and O–H groups in total. The quantitative estimate of drug-likeness (QED) is 0.360. The number of rotatable bonds is 10. The highest BCUT2D eigenvalue weighted by Crippen LogP contribution is 2.24. The number of carbonyl (C=O) groups is 1. The van der Waals surface area contributed by atoms with Gasteiger partial charge >= 0.3 is 0 Å². The molecule has 1 unspecified atom stereocenters. The van der Waals surface area contributed by atoms with Gasteiger partial charge in [-0.1, -0.05) is 42.8 Å². The van der Waals surface area contributed by atoms with Crippen LogP contribution in [0.15, 0.2) is 53.9 Å². The molecule has 164 valence electrons. The van der Waals surface area contributed by atoms with Crippen molar-refractivity contribution >= 4 is 45.8 Å². The standard InChI is InChI=1S/C22H24ClN3O3S2/c1-2-18-14-30-22(24-18)20(13-16-6-9-19(10-7-16)26-31(28)29)25-21(27)11-8-15-4-3-5-17(23)12-15/h3-7,9-10,12,14,20,26H,2,8,11,13H2,1H3,(H,25,27)(H,28,29)/t20-/m0/s1. The molecule has 0 saturated heterocycles. The minimum atomic E-state index is -2.11. The highest BCUT2D eigenvalue weighted by molar-refractivity contribution is 7.80. The monoisotopic (exact) mass is 477 g/mol. The number of nitrogens with one attached hydrogen (secondary N) is 2. The maximum Gasteiger partial charge on any atom is 0.259 e. The van der Waals surface area contributed by atoms with Crippen LogP contribution in [-0.4, -0.2) is 19.7 Å². The lowest BCUT2D eigenvalue weighted by molar-refractivity contribution is -0.121. The SMILES string of the molecule is CCc1csc([C@H](Cc2ccc(NS(=O)O)cc2)NC(=O)CCc2cccc(Cl)c2)n1. The molecule has 1 amide bonds. The molecule has 2 aromatic carbocycles. The molecule has 0 radical (unpaired) electrons. The molecule has 1 aromatic heterocycles. The van der Waals surface area contributed by atoms with Gasteiger partial charge < -0.3 is 5.32 Å². The zero-order chi connectivity index (χ0) is 22.2. The van der Waals surface area contributed by atoms with E-state index in [2.05, 4.69) is 15.0 Å². The summed E-state index contributed by atoms with van der Waals surface area (Å²) in [4.78, 5) is 17.4. The molecule has 9 heteroatoms. The number of halogens is 1. The first-order chi connectivity index (χ1) is 14.9. The summed E-state index contributed by atoms with van der Waals surface area (Å²) < 4.78 is 22.3. The molecule has 1 heterocycles. The molecule has 0 aliphatic carbocycles. The lowest BCUT2D eigenvalue weighted by atomic mass is 10.0. The van der Waals surface area contributed by atoms with E-state index in [1.807, 2.05) is 48.7 Å². The first-order valence-corrected chi connectivity index (χ1v) is 12.2. The smallest absolute Gasteiger partial charge is 0.259 e. The number of benzene rings is 2. The van der Waals surface area contributed by atoms with Gasteiger partial charge in [0.05, 0.1) is 11.7 Å². The Morgan fingerprint density at radius 2 is 2.00 bits per heavy atom. The minimum Gasteiger partial charge on any atom is -0.347 e. The van der Waals surface area contributed by atoms with Crippen molar-refractivity contribution in [1.82, 2.24) is 10.3 Å². The second-order valence-corrected chi connectivity index (χ2v) is 9.06. The van der Waals surface area contributed by atoms with Crippen LogP contribution in [0.5, 0.6) is 0 Å². The van der Waals surface area contributed by atoms with Crippen molar-refractivity contribution in [3.05, 3.63) is 80.8 Å². The third-order valence-electron chi connectivity index (χ3n) is 4.69. The summed E-state index contributed by atoms with van der Waals surface area (Å²) in [6.45, 7) is 2.05. The van der Waals surface area contributed by atoms with E-state index in [0.29, 0.717) is 30.0 Å². The van der Waals surface area contributed by atoms with E-state index in [0.717, 1.165) is 28.2 Å². The first-order valence-electron chi connectivity index (χ1n) is 9.87. The van der Waals surface area contributed by atoms with Crippen molar-refractivity contribution in [3.63, 3.8) is 0 Å². The summed E-state index contributed by atoms with van der Waals surface area (Å²) >= 11 is 5.46. The van der Waals surface area contributed by atoms with Crippen LogP contribution in [0.25, 0.3) is 0 Å². The van der Waals surface area contributed by atoms with Crippen LogP contribution in [0.4, 0.5) is 5.69 Å². The molecule has 3 rings (SSSR count). The number of hydrogen-bond donors (Lipinski definition) is 3. The third-order valence-corrected chi connectivity index (χ3v) is 6.35. The van der Waals surface area contributed by atoms with Crippen LogP contribution in [0.2, 0.25) is 5.02 Å². The fourth-order valence-electron chi connectivity index (χ4n) is 3.11. The van der Waals surface area contributed by atoms with Gasteiger partial charge in [-0.3, -0.25) is 14.1 Å². The Kier molecular flexibility index (Phi) is 8.60. The van der Waals surface area contributed by atoms with E-state index in [9.17, 15) is 9.00 Å². The molecule has 3 aromatic rings. The van der Waals surface area contributed by atoms with E-state index < -0.39 is 11.3 Å². The van der Waals surface area contributed by atoms with Crippen LogP contribution in [0, 0.1) is 0 Å². The molecule has 0 spiro atoms. The molecular weight excluding hydrogens is 454 g/mol. The highest BCUT2D eigenvalue weighted by atomic mass is 35.5. The lowest BCUT2D eigenvalue weighted by Gasteiger charge is -2.17. The average molecular weight is 478 g/mol. The van der Waals surface area contributed by atoms with Gasteiger partial charge in [-0.05, 0) is 54.7 Å². The lowest BCUT2D eigenvalue weighted by Crippen LogP contribution is -2.30. The van der Waals surface area contributed by atoms with Crippen molar-refractivity contribution in [1.29, 1.82) is 0 Å². The highest BCUT2D eigenvalue weighted by Gasteiger charge is 2.19. The Labute approximate surface area is 193 Å². The van der Waals surface area contributed by atoms with E-state index in [4.69, 9.17) is 16.2 Å². The summed E-state index contributed by atoms with van der Waals surface area (Å²) in [6.07, 6.45) is 2.37. The van der Waals surface area contributed by atoms with Gasteiger partial charge in [0.1, 0.15) is 5.01 Å². The maximum absolute atomic E-state index is 12.7. The predicted molar refractivity (Wildman–Crippen MR) is 127 cm³/mol. The second-order valence-electron chi connectivity index (χ2n) is 7.03. The van der Waals surface area contributed by atoms with Crippen LogP contribution >= 0.6 is 22.9 Å². The number of nitrogens with zero attached hydrogens (tertiary/aromatic N) is 1. The molecule has 0 aliphatic rings. The zero-order valence-corrected chi connectivity index (χ0v) is 19.4. The topological polar surface area (TPSA) is 91.3 Å². The summed E-state index contributed by atoms with van der Waals surface area (Å²) in [5.74, 6) is -0.0489. The van der Waals surface area contributed by atoms with Crippen molar-refractivity contribution in [3.8, 4) is 0 Å². The number of aromatic nitrogens is 1. The molecular formula is C22H24ClN3O3S2. The van der Waals surface area contributed by atoms with Crippen molar-refractivity contribution < 1.29 is 13.6 Å². The van der Waals surface area contributed by atoms with Crippen molar-refractivity contribution in [2.24, 2.45) is 0 Å². The Hall–Kier alpha value is -2.26.